The Labute approximate surface area is 248 Å². The molecule has 9 nitrogen and oxygen atoms in total. The molecule has 0 spiro atoms. The summed E-state index contributed by atoms with van der Waals surface area (Å²) in [6, 6.07) is 4.33. The van der Waals surface area contributed by atoms with E-state index in [9.17, 15) is 9.59 Å². The molecule has 0 aliphatic carbocycles. The first kappa shape index (κ1) is 33.1. The Hall–Kier alpha value is -2.36. The van der Waals surface area contributed by atoms with E-state index in [1.807, 2.05) is 17.0 Å². The van der Waals surface area contributed by atoms with Gasteiger partial charge in [-0.2, -0.15) is 0 Å². The van der Waals surface area contributed by atoms with Gasteiger partial charge in [0.2, 0.25) is 18.4 Å². The Morgan fingerprint density at radius 3 is 2.51 bits per heavy atom. The first-order valence-electron chi connectivity index (χ1n) is 15.3. The fraction of sp³-hybridized carbons (Fsp3) is 0.750. The smallest absolute Gasteiger partial charge is 0.231 e. The minimum Gasteiger partial charge on any atom is -0.493 e. The highest BCUT2D eigenvalue weighted by atomic mass is 16.7. The number of likely N-dealkylation sites (tertiary alicyclic amines) is 2. The third-order valence-corrected chi connectivity index (χ3v) is 8.36. The lowest BCUT2D eigenvalue weighted by atomic mass is 9.93. The Bertz CT molecular complexity index is 985. The molecule has 0 bridgehead atoms. The Morgan fingerprint density at radius 1 is 1.12 bits per heavy atom. The van der Waals surface area contributed by atoms with E-state index in [0.29, 0.717) is 24.5 Å². The quantitative estimate of drug-likeness (QED) is 0.308. The predicted molar refractivity (Wildman–Crippen MR) is 163 cm³/mol. The fourth-order valence-electron chi connectivity index (χ4n) is 6.12. The number of amides is 1. The summed E-state index contributed by atoms with van der Waals surface area (Å²) in [5.41, 5.74) is 1.20. The van der Waals surface area contributed by atoms with Crippen LogP contribution in [-0.4, -0.2) is 119 Å². The second kappa shape index (κ2) is 15.8. The molecule has 3 aliphatic rings. The zero-order valence-electron chi connectivity index (χ0n) is 26.6. The number of methoxy groups -OCH3 is 1. The number of aldehydes is 1. The molecule has 2 fully saturated rings. The van der Waals surface area contributed by atoms with Gasteiger partial charge in [-0.1, -0.05) is 27.2 Å². The molecule has 1 amide bonds. The highest BCUT2D eigenvalue weighted by Crippen LogP contribution is 2.45. The van der Waals surface area contributed by atoms with Gasteiger partial charge in [0, 0.05) is 32.1 Å². The van der Waals surface area contributed by atoms with Crippen LogP contribution in [0, 0.1) is 5.41 Å². The highest BCUT2D eigenvalue weighted by molar-refractivity contribution is 5.79. The lowest BCUT2D eigenvalue weighted by molar-refractivity contribution is -0.128. The summed E-state index contributed by atoms with van der Waals surface area (Å²) >= 11 is 0. The molecule has 0 aromatic heterocycles. The van der Waals surface area contributed by atoms with E-state index < -0.39 is 0 Å². The van der Waals surface area contributed by atoms with Crippen LogP contribution in [0.3, 0.4) is 0 Å². The topological polar surface area (TPSA) is 74.8 Å². The van der Waals surface area contributed by atoms with Gasteiger partial charge in [0.05, 0.1) is 13.7 Å². The number of fused-ring (bicyclic) bond motifs is 1. The molecule has 3 aliphatic heterocycles. The van der Waals surface area contributed by atoms with Crippen LogP contribution in [0.2, 0.25) is 0 Å². The van der Waals surface area contributed by atoms with Crippen molar-refractivity contribution in [2.24, 2.45) is 5.41 Å². The molecule has 0 N–H and O–H groups in total. The number of benzene rings is 1. The summed E-state index contributed by atoms with van der Waals surface area (Å²) in [7, 11) is 8.11. The third kappa shape index (κ3) is 9.86. The molecule has 9 heteroatoms. The van der Waals surface area contributed by atoms with Crippen molar-refractivity contribution in [3.63, 3.8) is 0 Å². The molecule has 3 heterocycles. The number of carbonyl (C=O) groups is 2. The van der Waals surface area contributed by atoms with Gasteiger partial charge in [-0.25, -0.2) is 0 Å². The lowest BCUT2D eigenvalue weighted by Gasteiger charge is -2.25. The van der Waals surface area contributed by atoms with Crippen molar-refractivity contribution >= 4 is 12.2 Å². The average Bonchev–Trinajstić information content (AvgIpc) is 3.62. The van der Waals surface area contributed by atoms with Gasteiger partial charge in [-0.3, -0.25) is 9.69 Å². The van der Waals surface area contributed by atoms with Crippen LogP contribution >= 0.6 is 0 Å². The fourth-order valence-corrected chi connectivity index (χ4v) is 6.12. The SMILES string of the molecule is CCCCN(C)CCCN(C)C.COc1cc(C2CC(CCN3CC(C)(C)CC3=O)N(CC=O)C2)cc2c1OCO2. The van der Waals surface area contributed by atoms with Crippen LogP contribution < -0.4 is 14.2 Å². The normalized spacial score (nSPS) is 21.5. The minimum absolute atomic E-state index is 0.0564. The maximum Gasteiger partial charge on any atom is 0.231 e. The van der Waals surface area contributed by atoms with E-state index in [2.05, 4.69) is 56.6 Å². The Morgan fingerprint density at radius 2 is 1.88 bits per heavy atom. The number of hydrogen-bond donors (Lipinski definition) is 0. The van der Waals surface area contributed by atoms with E-state index in [-0.39, 0.29) is 30.1 Å². The lowest BCUT2D eigenvalue weighted by Crippen LogP contribution is -2.36. The number of carbonyl (C=O) groups excluding carboxylic acids is 2. The molecule has 1 aromatic carbocycles. The number of nitrogens with zero attached hydrogens (tertiary/aromatic N) is 4. The van der Waals surface area contributed by atoms with Gasteiger partial charge < -0.3 is 33.7 Å². The largest absolute Gasteiger partial charge is 0.493 e. The third-order valence-electron chi connectivity index (χ3n) is 8.36. The van der Waals surface area contributed by atoms with Crippen LogP contribution in [0.4, 0.5) is 0 Å². The van der Waals surface area contributed by atoms with Gasteiger partial charge in [0.15, 0.2) is 11.5 Å². The molecule has 0 radical (unpaired) electrons. The van der Waals surface area contributed by atoms with Crippen LogP contribution in [-0.2, 0) is 9.59 Å². The van der Waals surface area contributed by atoms with Crippen LogP contribution in [0.1, 0.15) is 70.8 Å². The van der Waals surface area contributed by atoms with E-state index in [0.717, 1.165) is 50.1 Å². The van der Waals surface area contributed by atoms with Crippen molar-refractivity contribution < 1.29 is 23.8 Å². The van der Waals surface area contributed by atoms with Crippen molar-refractivity contribution in [2.75, 3.05) is 80.9 Å². The van der Waals surface area contributed by atoms with Crippen LogP contribution in [0.15, 0.2) is 12.1 Å². The molecule has 41 heavy (non-hydrogen) atoms. The number of ether oxygens (including phenoxy) is 3. The maximum absolute atomic E-state index is 12.3. The summed E-state index contributed by atoms with van der Waals surface area (Å²) in [4.78, 5) is 32.4. The molecular formula is C32H54N4O5. The molecule has 4 rings (SSSR count). The minimum atomic E-state index is 0.0564. The monoisotopic (exact) mass is 574 g/mol. The standard InChI is InChI=1S/C22H30N2O5.C10H24N2/c1-22(2)11-20(26)24(13-22)5-4-17-8-16(12-23(17)6-7-25)15-9-18(27-3)21-19(10-15)28-14-29-21;1-5-6-9-12(4)10-7-8-11(2)3/h7,9-10,16-17H,4-6,8,11-14H2,1-3H3;5-10H2,1-4H3. The first-order chi connectivity index (χ1) is 19.6. The average molecular weight is 575 g/mol. The second-order valence-corrected chi connectivity index (χ2v) is 12.9. The van der Waals surface area contributed by atoms with Crippen molar-refractivity contribution in [2.45, 2.75) is 71.3 Å². The van der Waals surface area contributed by atoms with E-state index in [4.69, 9.17) is 14.2 Å². The molecule has 1 aromatic rings. The van der Waals surface area contributed by atoms with Crippen molar-refractivity contribution in [3.8, 4) is 17.2 Å². The summed E-state index contributed by atoms with van der Waals surface area (Å²) in [5, 5.41) is 0. The molecule has 2 atom stereocenters. The van der Waals surface area contributed by atoms with Gasteiger partial charge in [-0.15, -0.1) is 0 Å². The summed E-state index contributed by atoms with van der Waals surface area (Å²) in [5.74, 6) is 2.59. The van der Waals surface area contributed by atoms with E-state index >= 15 is 0 Å². The summed E-state index contributed by atoms with van der Waals surface area (Å²) in [6.07, 6.45) is 7.34. The van der Waals surface area contributed by atoms with Gasteiger partial charge in [0.25, 0.3) is 0 Å². The van der Waals surface area contributed by atoms with E-state index in [1.54, 1.807) is 7.11 Å². The van der Waals surface area contributed by atoms with Crippen molar-refractivity contribution in [1.29, 1.82) is 0 Å². The highest BCUT2D eigenvalue weighted by Gasteiger charge is 2.38. The molecule has 2 unspecified atom stereocenters. The van der Waals surface area contributed by atoms with Crippen LogP contribution in [0.5, 0.6) is 17.2 Å². The number of rotatable bonds is 14. The molecule has 0 saturated carbocycles. The van der Waals surface area contributed by atoms with Crippen molar-refractivity contribution in [1.82, 2.24) is 19.6 Å². The first-order valence-corrected chi connectivity index (χ1v) is 15.3. The van der Waals surface area contributed by atoms with Crippen LogP contribution in [0.25, 0.3) is 0 Å². The number of unbranched alkanes of at least 4 members (excludes halogenated alkanes) is 1. The molecule has 2 saturated heterocycles. The Kier molecular flexibility index (Phi) is 12.7. The van der Waals surface area contributed by atoms with E-state index in [1.165, 1.54) is 38.9 Å². The Balaban J connectivity index is 0.000000327. The predicted octanol–water partition coefficient (Wildman–Crippen LogP) is 4.10. The summed E-state index contributed by atoms with van der Waals surface area (Å²) < 4.78 is 16.6. The zero-order valence-corrected chi connectivity index (χ0v) is 26.6. The zero-order chi connectivity index (χ0) is 30.0. The van der Waals surface area contributed by atoms with Gasteiger partial charge >= 0.3 is 0 Å². The molecular weight excluding hydrogens is 520 g/mol. The second-order valence-electron chi connectivity index (χ2n) is 12.9. The summed E-state index contributed by atoms with van der Waals surface area (Å²) in [6.45, 7) is 13.2. The van der Waals surface area contributed by atoms with Gasteiger partial charge in [0.1, 0.15) is 6.29 Å². The maximum atomic E-state index is 12.3. The molecule has 232 valence electrons. The van der Waals surface area contributed by atoms with Crippen molar-refractivity contribution in [3.05, 3.63) is 17.7 Å². The number of hydrogen-bond acceptors (Lipinski definition) is 8. The van der Waals surface area contributed by atoms with Gasteiger partial charge in [-0.05, 0) is 95.5 Å².